The van der Waals surface area contributed by atoms with Crippen LogP contribution in [-0.2, 0) is 0 Å². The van der Waals surface area contributed by atoms with Gasteiger partial charge in [-0.25, -0.2) is 0 Å². The van der Waals surface area contributed by atoms with Crippen LogP contribution >= 0.6 is 0 Å². The molecule has 0 aliphatic rings. The summed E-state index contributed by atoms with van der Waals surface area (Å²) in [5.74, 6) is 0.924. The predicted molar refractivity (Wildman–Crippen MR) is 66.6 cm³/mol. The summed E-state index contributed by atoms with van der Waals surface area (Å²) < 4.78 is 0. The fourth-order valence-electron chi connectivity index (χ4n) is 1.73. The second kappa shape index (κ2) is 10.8. The number of rotatable bonds is 9. The van der Waals surface area contributed by atoms with Gasteiger partial charge in [-0.15, -0.1) is 0 Å². The molecule has 0 saturated heterocycles. The molecule has 0 amide bonds. The van der Waals surface area contributed by atoms with Crippen LogP contribution in [0.3, 0.4) is 0 Å². The van der Waals surface area contributed by atoms with Gasteiger partial charge >= 0.3 is 0 Å². The largest absolute Gasteiger partial charge is 0.0888 e. The van der Waals surface area contributed by atoms with Crippen molar-refractivity contribution < 1.29 is 0 Å². The predicted octanol–water partition coefficient (Wildman–Crippen LogP) is 5.34. The molecule has 0 saturated carbocycles. The molecule has 0 heterocycles. The molecule has 0 bridgehead atoms. The van der Waals surface area contributed by atoms with Crippen LogP contribution in [0.4, 0.5) is 0 Å². The summed E-state index contributed by atoms with van der Waals surface area (Å²) in [6, 6.07) is 0. The topological polar surface area (TPSA) is 0 Å². The van der Waals surface area contributed by atoms with Crippen LogP contribution in [0, 0.1) is 5.92 Å². The van der Waals surface area contributed by atoms with Gasteiger partial charge in [-0.05, 0) is 25.2 Å². The molecule has 0 nitrogen and oxygen atoms in total. The first-order chi connectivity index (χ1) is 6.81. The quantitative estimate of drug-likeness (QED) is 0.345. The molecule has 0 N–H and O–H groups in total. The minimum Gasteiger partial charge on any atom is -0.0888 e. The first-order valence-electron chi connectivity index (χ1n) is 6.46. The van der Waals surface area contributed by atoms with Crippen molar-refractivity contribution in [1.29, 1.82) is 0 Å². The van der Waals surface area contributed by atoms with Gasteiger partial charge < -0.3 is 0 Å². The maximum Gasteiger partial charge on any atom is -0.0348 e. The van der Waals surface area contributed by atoms with Crippen molar-refractivity contribution in [1.82, 2.24) is 0 Å². The van der Waals surface area contributed by atoms with Crippen molar-refractivity contribution in [3.63, 3.8) is 0 Å². The molecule has 0 radical (unpaired) electrons. The van der Waals surface area contributed by atoms with Gasteiger partial charge in [0.25, 0.3) is 0 Å². The first kappa shape index (κ1) is 13.7. The summed E-state index contributed by atoms with van der Waals surface area (Å²) in [6.45, 7) is 6.87. The van der Waals surface area contributed by atoms with E-state index in [1.807, 2.05) is 0 Å². The summed E-state index contributed by atoms with van der Waals surface area (Å²) in [7, 11) is 0. The van der Waals surface area contributed by atoms with Gasteiger partial charge in [-0.2, -0.15) is 0 Å². The van der Waals surface area contributed by atoms with E-state index in [2.05, 4.69) is 32.9 Å². The Labute approximate surface area is 90.8 Å². The lowest BCUT2D eigenvalue weighted by Crippen LogP contribution is -1.93. The standard InChI is InChI=1S/C14H28/c1-4-6-8-10-12-14(3)13-11-9-7-5-2/h6,8,14H,4-5,7,9-13H2,1-3H3. The highest BCUT2D eigenvalue weighted by Gasteiger charge is 1.99. The molecule has 0 aliphatic carbocycles. The molecule has 14 heavy (non-hydrogen) atoms. The first-order valence-corrected chi connectivity index (χ1v) is 6.46. The fourth-order valence-corrected chi connectivity index (χ4v) is 1.73. The Balaban J connectivity index is 3.19. The van der Waals surface area contributed by atoms with E-state index < -0.39 is 0 Å². The van der Waals surface area contributed by atoms with Gasteiger partial charge in [-0.1, -0.05) is 65.0 Å². The second-order valence-electron chi connectivity index (χ2n) is 4.41. The third-order valence-electron chi connectivity index (χ3n) is 2.78. The van der Waals surface area contributed by atoms with Crippen molar-refractivity contribution in [3.05, 3.63) is 12.2 Å². The SMILES string of the molecule is CCC=CCCC(C)CCCCCC. The summed E-state index contributed by atoms with van der Waals surface area (Å²) in [5.41, 5.74) is 0. The third kappa shape index (κ3) is 9.83. The Hall–Kier alpha value is -0.260. The molecule has 0 aliphatic heterocycles. The zero-order valence-electron chi connectivity index (χ0n) is 10.4. The van der Waals surface area contributed by atoms with E-state index in [0.29, 0.717) is 0 Å². The molecular weight excluding hydrogens is 168 g/mol. The lowest BCUT2D eigenvalue weighted by molar-refractivity contribution is 0.463. The molecule has 0 rings (SSSR count). The van der Waals surface area contributed by atoms with Gasteiger partial charge in [0.2, 0.25) is 0 Å². The van der Waals surface area contributed by atoms with Crippen LogP contribution in [0.25, 0.3) is 0 Å². The highest BCUT2D eigenvalue weighted by atomic mass is 14.1. The Morgan fingerprint density at radius 2 is 1.71 bits per heavy atom. The number of hydrogen-bond donors (Lipinski definition) is 0. The van der Waals surface area contributed by atoms with Gasteiger partial charge in [0.05, 0.1) is 0 Å². The van der Waals surface area contributed by atoms with E-state index >= 15 is 0 Å². The Kier molecular flexibility index (Phi) is 10.6. The number of hydrogen-bond acceptors (Lipinski definition) is 0. The molecule has 0 fully saturated rings. The van der Waals surface area contributed by atoms with Gasteiger partial charge in [0.15, 0.2) is 0 Å². The minimum absolute atomic E-state index is 0.924. The van der Waals surface area contributed by atoms with Gasteiger partial charge in [0, 0.05) is 0 Å². The van der Waals surface area contributed by atoms with E-state index in [1.54, 1.807) is 0 Å². The van der Waals surface area contributed by atoms with E-state index in [-0.39, 0.29) is 0 Å². The minimum atomic E-state index is 0.924. The van der Waals surface area contributed by atoms with Crippen molar-refractivity contribution in [2.24, 2.45) is 5.92 Å². The molecule has 84 valence electrons. The van der Waals surface area contributed by atoms with E-state index in [0.717, 1.165) is 5.92 Å². The lowest BCUT2D eigenvalue weighted by Gasteiger charge is -2.08. The Bertz CT molecular complexity index is 124. The number of unbranched alkanes of at least 4 members (excludes halogenated alkanes) is 3. The van der Waals surface area contributed by atoms with Crippen LogP contribution in [-0.4, -0.2) is 0 Å². The van der Waals surface area contributed by atoms with Gasteiger partial charge in [-0.3, -0.25) is 0 Å². The van der Waals surface area contributed by atoms with Gasteiger partial charge in [0.1, 0.15) is 0 Å². The number of allylic oxidation sites excluding steroid dienone is 2. The molecule has 0 aromatic rings. The maximum atomic E-state index is 2.39. The van der Waals surface area contributed by atoms with Crippen molar-refractivity contribution >= 4 is 0 Å². The summed E-state index contributed by atoms with van der Waals surface area (Å²) in [4.78, 5) is 0. The Morgan fingerprint density at radius 3 is 2.36 bits per heavy atom. The average Bonchev–Trinajstić information content (AvgIpc) is 2.19. The van der Waals surface area contributed by atoms with Crippen LogP contribution in [0.2, 0.25) is 0 Å². The van der Waals surface area contributed by atoms with Crippen LogP contribution in [0.5, 0.6) is 0 Å². The van der Waals surface area contributed by atoms with Crippen molar-refractivity contribution in [2.45, 2.75) is 72.1 Å². The van der Waals surface area contributed by atoms with Crippen LogP contribution in [0.15, 0.2) is 12.2 Å². The molecule has 1 atom stereocenters. The van der Waals surface area contributed by atoms with Crippen molar-refractivity contribution in [3.8, 4) is 0 Å². The summed E-state index contributed by atoms with van der Waals surface area (Å²) in [5, 5.41) is 0. The molecule has 0 aromatic heterocycles. The zero-order valence-corrected chi connectivity index (χ0v) is 10.4. The van der Waals surface area contributed by atoms with E-state index in [4.69, 9.17) is 0 Å². The normalized spacial score (nSPS) is 13.6. The molecule has 0 heteroatoms. The lowest BCUT2D eigenvalue weighted by atomic mass is 9.98. The monoisotopic (exact) mass is 196 g/mol. The smallest absolute Gasteiger partial charge is 0.0348 e. The molecular formula is C14H28. The molecule has 0 aromatic carbocycles. The highest BCUT2D eigenvalue weighted by Crippen LogP contribution is 2.15. The van der Waals surface area contributed by atoms with E-state index in [9.17, 15) is 0 Å². The highest BCUT2D eigenvalue weighted by molar-refractivity contribution is 4.80. The molecule has 1 unspecified atom stereocenters. The average molecular weight is 196 g/mol. The van der Waals surface area contributed by atoms with Crippen LogP contribution < -0.4 is 0 Å². The fraction of sp³-hybridized carbons (Fsp3) is 0.857. The zero-order chi connectivity index (χ0) is 10.6. The Morgan fingerprint density at radius 1 is 0.929 bits per heavy atom. The molecule has 0 spiro atoms. The summed E-state index contributed by atoms with van der Waals surface area (Å²) in [6.07, 6.45) is 15.5. The summed E-state index contributed by atoms with van der Waals surface area (Å²) >= 11 is 0. The van der Waals surface area contributed by atoms with E-state index in [1.165, 1.54) is 51.4 Å². The third-order valence-corrected chi connectivity index (χ3v) is 2.78. The maximum absolute atomic E-state index is 2.39. The van der Waals surface area contributed by atoms with Crippen LogP contribution in [0.1, 0.15) is 72.1 Å². The second-order valence-corrected chi connectivity index (χ2v) is 4.41. The van der Waals surface area contributed by atoms with Crippen molar-refractivity contribution in [2.75, 3.05) is 0 Å².